The minimum absolute atomic E-state index is 0. The average Bonchev–Trinajstić information content (AvgIpc) is 2.46. The van der Waals surface area contributed by atoms with Crippen LogP contribution in [0.3, 0.4) is 0 Å². The monoisotopic (exact) mass is 338 g/mol. The van der Waals surface area contributed by atoms with Crippen LogP contribution in [-0.4, -0.2) is 42.3 Å². The van der Waals surface area contributed by atoms with E-state index in [1.165, 1.54) is 20.3 Å². The summed E-state index contributed by atoms with van der Waals surface area (Å²) in [6.45, 7) is 3.82. The van der Waals surface area contributed by atoms with E-state index in [1.807, 2.05) is 0 Å². The van der Waals surface area contributed by atoms with Gasteiger partial charge in [0.15, 0.2) is 0 Å². The van der Waals surface area contributed by atoms with Crippen LogP contribution in [0, 0.1) is 0 Å². The van der Waals surface area contributed by atoms with Gasteiger partial charge in [0.2, 0.25) is 10.0 Å². The van der Waals surface area contributed by atoms with Crippen LogP contribution < -0.4 is 19.5 Å². The quantitative estimate of drug-likeness (QED) is 0.666. The molecule has 0 radical (unpaired) electrons. The van der Waals surface area contributed by atoms with E-state index < -0.39 is 10.0 Å². The first-order valence-corrected chi connectivity index (χ1v) is 7.96. The van der Waals surface area contributed by atoms with Crippen molar-refractivity contribution in [2.24, 2.45) is 0 Å². The molecule has 0 saturated heterocycles. The minimum atomic E-state index is -3.62. The Hall–Kier alpha value is -1.02. The molecule has 0 unspecified atom stereocenters. The van der Waals surface area contributed by atoms with E-state index in [9.17, 15) is 8.42 Å². The number of halogens is 1. The molecule has 0 fully saturated rings. The van der Waals surface area contributed by atoms with Gasteiger partial charge in [-0.1, -0.05) is 6.92 Å². The Bertz CT molecular complexity index is 523. The molecule has 0 aliphatic heterocycles. The number of benzene rings is 1. The van der Waals surface area contributed by atoms with E-state index in [0.29, 0.717) is 24.6 Å². The minimum Gasteiger partial charge on any atom is -0.497 e. The normalized spacial score (nSPS) is 10.8. The van der Waals surface area contributed by atoms with E-state index in [4.69, 9.17) is 9.47 Å². The molecular formula is C13H23ClN2O4S. The lowest BCUT2D eigenvalue weighted by molar-refractivity contribution is 0.392. The summed E-state index contributed by atoms with van der Waals surface area (Å²) in [6, 6.07) is 4.67. The van der Waals surface area contributed by atoms with Crippen LogP contribution in [0.25, 0.3) is 0 Å². The second kappa shape index (κ2) is 9.83. The summed E-state index contributed by atoms with van der Waals surface area (Å²) >= 11 is 0. The van der Waals surface area contributed by atoms with E-state index in [-0.39, 0.29) is 17.3 Å². The molecule has 122 valence electrons. The molecule has 21 heavy (non-hydrogen) atoms. The van der Waals surface area contributed by atoms with Gasteiger partial charge in [-0.3, -0.25) is 0 Å². The molecule has 0 saturated carbocycles. The molecule has 0 amide bonds. The Balaban J connectivity index is 0.00000400. The van der Waals surface area contributed by atoms with Crippen molar-refractivity contribution in [3.8, 4) is 11.5 Å². The first-order chi connectivity index (χ1) is 9.55. The van der Waals surface area contributed by atoms with E-state index in [1.54, 1.807) is 12.1 Å². The number of methoxy groups -OCH3 is 2. The first kappa shape index (κ1) is 20.0. The number of nitrogens with one attached hydrogen (secondary N) is 2. The summed E-state index contributed by atoms with van der Waals surface area (Å²) in [5, 5.41) is 3.13. The van der Waals surface area contributed by atoms with Crippen LogP contribution in [0.15, 0.2) is 23.1 Å². The first-order valence-electron chi connectivity index (χ1n) is 6.47. The van der Waals surface area contributed by atoms with Crippen LogP contribution in [0.4, 0.5) is 0 Å². The van der Waals surface area contributed by atoms with Crippen LogP contribution in [0.1, 0.15) is 13.3 Å². The van der Waals surface area contributed by atoms with Crippen molar-refractivity contribution >= 4 is 22.4 Å². The summed E-state index contributed by atoms with van der Waals surface area (Å²) in [4.78, 5) is 0.0786. The number of ether oxygens (including phenoxy) is 2. The standard InChI is InChI=1S/C13H22N2O4S.ClH/c1-4-7-14-8-9-15-20(16,17)13-10-11(18-2)5-6-12(13)19-3;/h5-6,10,14-15H,4,7-9H2,1-3H3;1H. The van der Waals surface area contributed by atoms with Crippen molar-refractivity contribution in [2.45, 2.75) is 18.2 Å². The Morgan fingerprint density at radius 1 is 1.10 bits per heavy atom. The fourth-order valence-electron chi connectivity index (χ4n) is 1.65. The molecule has 0 bridgehead atoms. The molecular weight excluding hydrogens is 316 g/mol. The fraction of sp³-hybridized carbons (Fsp3) is 0.538. The lowest BCUT2D eigenvalue weighted by atomic mass is 10.3. The topological polar surface area (TPSA) is 76.7 Å². The van der Waals surface area contributed by atoms with Crippen molar-refractivity contribution in [2.75, 3.05) is 33.9 Å². The number of rotatable bonds is 9. The maximum atomic E-state index is 12.2. The Kier molecular flexibility index (Phi) is 9.36. The second-order valence-electron chi connectivity index (χ2n) is 4.16. The van der Waals surface area contributed by atoms with Gasteiger partial charge in [0.25, 0.3) is 0 Å². The molecule has 0 aliphatic carbocycles. The van der Waals surface area contributed by atoms with Gasteiger partial charge in [-0.15, -0.1) is 12.4 Å². The summed E-state index contributed by atoms with van der Waals surface area (Å²) in [6.07, 6.45) is 1.01. The Morgan fingerprint density at radius 3 is 2.38 bits per heavy atom. The van der Waals surface area contributed by atoms with Crippen molar-refractivity contribution in [3.63, 3.8) is 0 Å². The predicted octanol–water partition coefficient (Wildman–Crippen LogP) is 1.40. The summed E-state index contributed by atoms with van der Waals surface area (Å²) in [7, 11) is -0.697. The van der Waals surface area contributed by atoms with Gasteiger partial charge in [-0.05, 0) is 25.1 Å². The van der Waals surface area contributed by atoms with Crippen molar-refractivity contribution in [3.05, 3.63) is 18.2 Å². The zero-order valence-electron chi connectivity index (χ0n) is 12.5. The van der Waals surface area contributed by atoms with E-state index in [0.717, 1.165) is 13.0 Å². The molecule has 0 spiro atoms. The zero-order chi connectivity index (χ0) is 15.0. The molecule has 0 atom stereocenters. The molecule has 0 aliphatic rings. The molecule has 8 heteroatoms. The summed E-state index contributed by atoms with van der Waals surface area (Å²) < 4.78 is 37.1. The van der Waals surface area contributed by atoms with Crippen LogP contribution in [-0.2, 0) is 10.0 Å². The van der Waals surface area contributed by atoms with Gasteiger partial charge >= 0.3 is 0 Å². The lowest BCUT2D eigenvalue weighted by Gasteiger charge is -2.12. The van der Waals surface area contributed by atoms with Crippen molar-refractivity contribution in [1.82, 2.24) is 10.0 Å². The third-order valence-corrected chi connectivity index (χ3v) is 4.16. The molecule has 6 nitrogen and oxygen atoms in total. The highest BCUT2D eigenvalue weighted by Gasteiger charge is 2.19. The van der Waals surface area contributed by atoms with Crippen LogP contribution >= 0.6 is 12.4 Å². The largest absolute Gasteiger partial charge is 0.497 e. The highest BCUT2D eigenvalue weighted by molar-refractivity contribution is 7.89. The average molecular weight is 339 g/mol. The third-order valence-electron chi connectivity index (χ3n) is 2.68. The number of sulfonamides is 1. The third kappa shape index (κ3) is 6.09. The summed E-state index contributed by atoms with van der Waals surface area (Å²) in [5.74, 6) is 0.759. The second-order valence-corrected chi connectivity index (χ2v) is 5.90. The fourth-order valence-corrected chi connectivity index (χ4v) is 2.86. The lowest BCUT2D eigenvalue weighted by Crippen LogP contribution is -2.32. The van der Waals surface area contributed by atoms with Crippen LogP contribution in [0.5, 0.6) is 11.5 Å². The maximum absolute atomic E-state index is 12.2. The number of hydrogen-bond donors (Lipinski definition) is 2. The van der Waals surface area contributed by atoms with E-state index in [2.05, 4.69) is 17.0 Å². The molecule has 1 aromatic carbocycles. The highest BCUT2D eigenvalue weighted by Crippen LogP contribution is 2.27. The summed E-state index contributed by atoms with van der Waals surface area (Å²) in [5.41, 5.74) is 0. The molecule has 0 aromatic heterocycles. The van der Waals surface area contributed by atoms with Gasteiger partial charge in [-0.2, -0.15) is 0 Å². The molecule has 1 rings (SSSR count). The zero-order valence-corrected chi connectivity index (χ0v) is 14.1. The van der Waals surface area contributed by atoms with E-state index >= 15 is 0 Å². The number of hydrogen-bond acceptors (Lipinski definition) is 5. The molecule has 1 aromatic rings. The Labute approximate surface area is 132 Å². The van der Waals surface area contributed by atoms with Gasteiger partial charge in [-0.25, -0.2) is 13.1 Å². The van der Waals surface area contributed by atoms with Crippen molar-refractivity contribution in [1.29, 1.82) is 0 Å². The van der Waals surface area contributed by atoms with Crippen LogP contribution in [0.2, 0.25) is 0 Å². The molecule has 0 heterocycles. The maximum Gasteiger partial charge on any atom is 0.244 e. The molecule has 2 N–H and O–H groups in total. The highest BCUT2D eigenvalue weighted by atomic mass is 35.5. The predicted molar refractivity (Wildman–Crippen MR) is 85.1 cm³/mol. The smallest absolute Gasteiger partial charge is 0.244 e. The SMILES string of the molecule is CCCNCCNS(=O)(=O)c1cc(OC)ccc1OC.Cl. The van der Waals surface area contributed by atoms with Gasteiger partial charge in [0.1, 0.15) is 16.4 Å². The van der Waals surface area contributed by atoms with Crippen molar-refractivity contribution < 1.29 is 17.9 Å². The van der Waals surface area contributed by atoms with Gasteiger partial charge in [0, 0.05) is 19.2 Å². The Morgan fingerprint density at radius 2 is 1.81 bits per heavy atom. The van der Waals surface area contributed by atoms with Gasteiger partial charge < -0.3 is 14.8 Å². The van der Waals surface area contributed by atoms with Gasteiger partial charge in [0.05, 0.1) is 14.2 Å².